The third-order valence-electron chi connectivity index (χ3n) is 3.49. The van der Waals surface area contributed by atoms with Crippen LogP contribution in [0.3, 0.4) is 0 Å². The highest BCUT2D eigenvalue weighted by atomic mass is 16.4. The largest absolute Gasteiger partial charge is 0.478 e. The average Bonchev–Trinajstić information content (AvgIpc) is 2.54. The standard InChI is InChI=1S/C18H19NO3/c1-13(11-12-14-7-3-2-4-8-14)19-17(20)15-9-5-6-10-16(15)18(21)22/h2-10,13H,11-12H2,1H3,(H,19,20)(H,21,22)/t13-/m1/s1. The molecule has 0 heterocycles. The highest BCUT2D eigenvalue weighted by molar-refractivity contribution is 6.04. The first-order chi connectivity index (χ1) is 10.6. The lowest BCUT2D eigenvalue weighted by molar-refractivity contribution is 0.0690. The Balaban J connectivity index is 1.95. The van der Waals surface area contributed by atoms with Crippen molar-refractivity contribution in [2.24, 2.45) is 0 Å². The van der Waals surface area contributed by atoms with Gasteiger partial charge in [0.15, 0.2) is 0 Å². The van der Waals surface area contributed by atoms with Crippen LogP contribution in [0.2, 0.25) is 0 Å². The summed E-state index contributed by atoms with van der Waals surface area (Å²) >= 11 is 0. The van der Waals surface area contributed by atoms with E-state index in [0.29, 0.717) is 0 Å². The fraction of sp³-hybridized carbons (Fsp3) is 0.222. The van der Waals surface area contributed by atoms with Crippen LogP contribution in [0.25, 0.3) is 0 Å². The third-order valence-corrected chi connectivity index (χ3v) is 3.49. The number of aryl methyl sites for hydroxylation is 1. The molecule has 0 aliphatic heterocycles. The molecule has 0 aromatic heterocycles. The van der Waals surface area contributed by atoms with E-state index < -0.39 is 5.97 Å². The van der Waals surface area contributed by atoms with Gasteiger partial charge in [0.2, 0.25) is 0 Å². The van der Waals surface area contributed by atoms with Gasteiger partial charge in [-0.15, -0.1) is 0 Å². The van der Waals surface area contributed by atoms with E-state index in [1.807, 2.05) is 37.3 Å². The summed E-state index contributed by atoms with van der Waals surface area (Å²) in [6.07, 6.45) is 1.66. The van der Waals surface area contributed by atoms with E-state index in [4.69, 9.17) is 5.11 Å². The third kappa shape index (κ3) is 4.19. The Morgan fingerprint density at radius 1 is 1.00 bits per heavy atom. The van der Waals surface area contributed by atoms with Crippen LogP contribution in [0.15, 0.2) is 54.6 Å². The van der Waals surface area contributed by atoms with Crippen LogP contribution in [-0.4, -0.2) is 23.0 Å². The number of benzene rings is 2. The van der Waals surface area contributed by atoms with Gasteiger partial charge >= 0.3 is 5.97 Å². The minimum atomic E-state index is -1.09. The molecule has 114 valence electrons. The van der Waals surface area contributed by atoms with Gasteiger partial charge < -0.3 is 10.4 Å². The van der Waals surface area contributed by atoms with Crippen LogP contribution in [0.5, 0.6) is 0 Å². The van der Waals surface area contributed by atoms with Gasteiger partial charge in [-0.2, -0.15) is 0 Å². The van der Waals surface area contributed by atoms with Crippen LogP contribution < -0.4 is 5.32 Å². The summed E-state index contributed by atoms with van der Waals surface area (Å²) in [5.41, 5.74) is 1.44. The van der Waals surface area contributed by atoms with Gasteiger partial charge in [-0.1, -0.05) is 42.5 Å². The fourth-order valence-corrected chi connectivity index (χ4v) is 2.27. The topological polar surface area (TPSA) is 66.4 Å². The minimum Gasteiger partial charge on any atom is -0.478 e. The molecule has 1 amide bonds. The van der Waals surface area contributed by atoms with Crippen molar-refractivity contribution in [2.45, 2.75) is 25.8 Å². The molecule has 0 aliphatic carbocycles. The van der Waals surface area contributed by atoms with Crippen molar-refractivity contribution in [3.05, 3.63) is 71.3 Å². The Kier molecular flexibility index (Phi) is 5.31. The number of rotatable bonds is 6. The van der Waals surface area contributed by atoms with Crippen molar-refractivity contribution in [2.75, 3.05) is 0 Å². The molecule has 4 heteroatoms. The molecule has 2 aromatic rings. The van der Waals surface area contributed by atoms with Crippen LogP contribution in [-0.2, 0) is 6.42 Å². The highest BCUT2D eigenvalue weighted by Crippen LogP contribution is 2.10. The summed E-state index contributed by atoms with van der Waals surface area (Å²) in [6, 6.07) is 16.3. The van der Waals surface area contributed by atoms with E-state index in [0.717, 1.165) is 12.8 Å². The van der Waals surface area contributed by atoms with Crippen molar-refractivity contribution >= 4 is 11.9 Å². The molecular formula is C18H19NO3. The second-order valence-corrected chi connectivity index (χ2v) is 5.25. The van der Waals surface area contributed by atoms with E-state index in [1.54, 1.807) is 12.1 Å². The second kappa shape index (κ2) is 7.41. The zero-order chi connectivity index (χ0) is 15.9. The Morgan fingerprint density at radius 3 is 2.23 bits per heavy atom. The molecule has 0 saturated carbocycles. The smallest absolute Gasteiger partial charge is 0.336 e. The lowest BCUT2D eigenvalue weighted by Gasteiger charge is -2.15. The molecule has 0 fully saturated rings. The maximum absolute atomic E-state index is 12.2. The summed E-state index contributed by atoms with van der Waals surface area (Å²) in [7, 11) is 0. The molecule has 2 N–H and O–H groups in total. The lowest BCUT2D eigenvalue weighted by Crippen LogP contribution is -2.33. The first-order valence-electron chi connectivity index (χ1n) is 7.25. The van der Waals surface area contributed by atoms with Crippen molar-refractivity contribution in [1.82, 2.24) is 5.32 Å². The number of carbonyl (C=O) groups excluding carboxylic acids is 1. The monoisotopic (exact) mass is 297 g/mol. The minimum absolute atomic E-state index is 0.0234. The number of hydrogen-bond acceptors (Lipinski definition) is 2. The average molecular weight is 297 g/mol. The maximum Gasteiger partial charge on any atom is 0.336 e. The number of carbonyl (C=O) groups is 2. The van der Waals surface area contributed by atoms with Crippen LogP contribution in [0, 0.1) is 0 Å². The molecule has 2 rings (SSSR count). The van der Waals surface area contributed by atoms with Crippen molar-refractivity contribution in [1.29, 1.82) is 0 Å². The van der Waals surface area contributed by atoms with Crippen molar-refractivity contribution in [3.8, 4) is 0 Å². The van der Waals surface area contributed by atoms with Gasteiger partial charge in [-0.25, -0.2) is 4.79 Å². The van der Waals surface area contributed by atoms with Crippen LogP contribution in [0.1, 0.15) is 39.6 Å². The molecule has 22 heavy (non-hydrogen) atoms. The predicted octanol–water partition coefficient (Wildman–Crippen LogP) is 3.14. The number of amides is 1. The van der Waals surface area contributed by atoms with Gasteiger partial charge in [-0.05, 0) is 37.5 Å². The lowest BCUT2D eigenvalue weighted by atomic mass is 10.0. The molecule has 2 aromatic carbocycles. The number of aromatic carboxylic acids is 1. The molecule has 0 bridgehead atoms. The first-order valence-corrected chi connectivity index (χ1v) is 7.25. The van der Waals surface area contributed by atoms with Crippen LogP contribution >= 0.6 is 0 Å². The first kappa shape index (κ1) is 15.8. The second-order valence-electron chi connectivity index (χ2n) is 5.25. The molecule has 0 unspecified atom stereocenters. The zero-order valence-electron chi connectivity index (χ0n) is 12.5. The van der Waals surface area contributed by atoms with Crippen LogP contribution in [0.4, 0.5) is 0 Å². The normalized spacial score (nSPS) is 11.7. The highest BCUT2D eigenvalue weighted by Gasteiger charge is 2.17. The molecule has 0 saturated heterocycles. The summed E-state index contributed by atoms with van der Waals surface area (Å²) in [5.74, 6) is -1.44. The Morgan fingerprint density at radius 2 is 1.59 bits per heavy atom. The molecule has 1 atom stereocenters. The fourth-order valence-electron chi connectivity index (χ4n) is 2.27. The van der Waals surface area contributed by atoms with E-state index >= 15 is 0 Å². The van der Waals surface area contributed by atoms with Gasteiger partial charge in [0.25, 0.3) is 5.91 Å². The van der Waals surface area contributed by atoms with Gasteiger partial charge in [0.05, 0.1) is 11.1 Å². The molecular weight excluding hydrogens is 278 g/mol. The van der Waals surface area contributed by atoms with E-state index in [-0.39, 0.29) is 23.1 Å². The SMILES string of the molecule is C[C@H](CCc1ccccc1)NC(=O)c1ccccc1C(=O)O. The van der Waals surface area contributed by atoms with E-state index in [2.05, 4.69) is 5.32 Å². The molecule has 0 aliphatic rings. The number of nitrogens with one attached hydrogen (secondary N) is 1. The van der Waals surface area contributed by atoms with Gasteiger partial charge in [0, 0.05) is 6.04 Å². The van der Waals surface area contributed by atoms with Gasteiger partial charge in [0.1, 0.15) is 0 Å². The molecule has 4 nitrogen and oxygen atoms in total. The Labute approximate surface area is 129 Å². The number of carboxylic acids is 1. The van der Waals surface area contributed by atoms with E-state index in [9.17, 15) is 9.59 Å². The summed E-state index contributed by atoms with van der Waals surface area (Å²) in [4.78, 5) is 23.4. The van der Waals surface area contributed by atoms with Crippen molar-refractivity contribution in [3.63, 3.8) is 0 Å². The predicted molar refractivity (Wildman–Crippen MR) is 85.1 cm³/mol. The Bertz CT molecular complexity index is 652. The summed E-state index contributed by atoms with van der Waals surface area (Å²) in [5, 5.41) is 12.0. The summed E-state index contributed by atoms with van der Waals surface area (Å²) < 4.78 is 0. The van der Waals surface area contributed by atoms with Crippen molar-refractivity contribution < 1.29 is 14.7 Å². The maximum atomic E-state index is 12.2. The number of carboxylic acid groups (broad SMARTS) is 1. The quantitative estimate of drug-likeness (QED) is 0.861. The molecule has 0 radical (unpaired) electrons. The zero-order valence-corrected chi connectivity index (χ0v) is 12.5. The number of hydrogen-bond donors (Lipinski definition) is 2. The van der Waals surface area contributed by atoms with E-state index in [1.165, 1.54) is 17.7 Å². The van der Waals surface area contributed by atoms with Gasteiger partial charge in [-0.3, -0.25) is 4.79 Å². The molecule has 0 spiro atoms. The summed E-state index contributed by atoms with van der Waals surface area (Å²) in [6.45, 7) is 1.92. The Hall–Kier alpha value is -2.62.